The van der Waals surface area contributed by atoms with Crippen molar-refractivity contribution in [3.8, 4) is 22.8 Å². The molecule has 3 aromatic carbocycles. The topological polar surface area (TPSA) is 40.7 Å². The predicted molar refractivity (Wildman–Crippen MR) is 113 cm³/mol. The van der Waals surface area contributed by atoms with Gasteiger partial charge in [-0.2, -0.15) is 0 Å². The number of benzene rings is 3. The molecule has 3 heterocycles. The number of aryl methyl sites for hydroxylation is 1. The summed E-state index contributed by atoms with van der Waals surface area (Å²) in [5.41, 5.74) is 6.78. The molecule has 0 saturated heterocycles. The zero-order valence-electron chi connectivity index (χ0n) is 16.0. The Kier molecular flexibility index (Phi) is 3.44. The van der Waals surface area contributed by atoms with Gasteiger partial charge in [0, 0.05) is 11.8 Å². The molecule has 0 bridgehead atoms. The van der Waals surface area contributed by atoms with E-state index in [1.54, 1.807) is 0 Å². The van der Waals surface area contributed by atoms with E-state index in [1.165, 1.54) is 16.6 Å². The fourth-order valence-corrected chi connectivity index (χ4v) is 3.97. The first kappa shape index (κ1) is 16.2. The Bertz CT molecular complexity index is 1360. The standard InChI is InChI=1S/C24H19N3O2/c1-16-6-8-17(9-7-16)13-26-20-4-2-3-5-21(20)27-14-19(25-24(26)27)18-10-11-22-23(12-18)29-15-28-22/h2-12,14H,13,15H2,1H3. The summed E-state index contributed by atoms with van der Waals surface area (Å²) in [5.74, 6) is 2.49. The molecule has 0 saturated carbocycles. The molecule has 0 fully saturated rings. The van der Waals surface area contributed by atoms with Crippen LogP contribution in [-0.2, 0) is 6.54 Å². The summed E-state index contributed by atoms with van der Waals surface area (Å²) in [5, 5.41) is 0. The summed E-state index contributed by atoms with van der Waals surface area (Å²) in [6.07, 6.45) is 2.10. The second-order valence-corrected chi connectivity index (χ2v) is 7.42. The summed E-state index contributed by atoms with van der Waals surface area (Å²) in [6.45, 7) is 3.16. The van der Waals surface area contributed by atoms with Crippen molar-refractivity contribution < 1.29 is 9.47 Å². The van der Waals surface area contributed by atoms with Gasteiger partial charge in [0.1, 0.15) is 0 Å². The van der Waals surface area contributed by atoms with Crippen LogP contribution in [0.3, 0.4) is 0 Å². The number of rotatable bonds is 3. The first-order valence-corrected chi connectivity index (χ1v) is 9.68. The lowest BCUT2D eigenvalue weighted by Gasteiger charge is -2.06. The average Bonchev–Trinajstić information content (AvgIpc) is 3.45. The van der Waals surface area contributed by atoms with Gasteiger partial charge in [0.25, 0.3) is 0 Å². The van der Waals surface area contributed by atoms with E-state index >= 15 is 0 Å². The smallest absolute Gasteiger partial charge is 0.231 e. The number of hydrogen-bond donors (Lipinski definition) is 0. The Balaban J connectivity index is 1.51. The van der Waals surface area contributed by atoms with E-state index in [9.17, 15) is 0 Å². The first-order valence-electron chi connectivity index (χ1n) is 9.68. The van der Waals surface area contributed by atoms with Crippen molar-refractivity contribution in [2.24, 2.45) is 0 Å². The van der Waals surface area contributed by atoms with Gasteiger partial charge in [0.2, 0.25) is 12.6 Å². The van der Waals surface area contributed by atoms with Crippen LogP contribution in [0.4, 0.5) is 0 Å². The minimum atomic E-state index is 0.274. The Hall–Kier alpha value is -3.73. The van der Waals surface area contributed by atoms with E-state index in [0.717, 1.165) is 40.6 Å². The maximum absolute atomic E-state index is 5.54. The third-order valence-corrected chi connectivity index (χ3v) is 5.49. The summed E-state index contributed by atoms with van der Waals surface area (Å²) >= 11 is 0. The van der Waals surface area contributed by atoms with Crippen LogP contribution in [0.5, 0.6) is 11.5 Å². The van der Waals surface area contributed by atoms with Crippen LogP contribution in [0.15, 0.2) is 72.9 Å². The summed E-state index contributed by atoms with van der Waals surface area (Å²) < 4.78 is 15.4. The highest BCUT2D eigenvalue weighted by atomic mass is 16.7. The molecular weight excluding hydrogens is 362 g/mol. The van der Waals surface area contributed by atoms with E-state index in [0.29, 0.717) is 0 Å². The van der Waals surface area contributed by atoms with Crippen molar-refractivity contribution in [1.29, 1.82) is 0 Å². The number of fused-ring (bicyclic) bond motifs is 4. The normalized spacial score (nSPS) is 12.9. The van der Waals surface area contributed by atoms with Crippen LogP contribution in [0.1, 0.15) is 11.1 Å². The molecule has 0 aliphatic carbocycles. The number of hydrogen-bond acceptors (Lipinski definition) is 3. The van der Waals surface area contributed by atoms with Crippen molar-refractivity contribution >= 4 is 16.8 Å². The SMILES string of the molecule is Cc1ccc(Cn2c3ccccc3n3cc(-c4ccc5c(c4)OCO5)nc23)cc1. The minimum Gasteiger partial charge on any atom is -0.454 e. The molecule has 0 atom stereocenters. The van der Waals surface area contributed by atoms with Gasteiger partial charge in [-0.1, -0.05) is 42.0 Å². The zero-order valence-corrected chi connectivity index (χ0v) is 16.0. The first-order chi connectivity index (χ1) is 14.3. The van der Waals surface area contributed by atoms with Crippen LogP contribution in [-0.4, -0.2) is 20.7 Å². The fraction of sp³-hybridized carbons (Fsp3) is 0.125. The molecule has 29 heavy (non-hydrogen) atoms. The lowest BCUT2D eigenvalue weighted by Crippen LogP contribution is -2.00. The van der Waals surface area contributed by atoms with Gasteiger partial charge in [-0.3, -0.25) is 4.40 Å². The van der Waals surface area contributed by atoms with Gasteiger partial charge in [-0.05, 0) is 42.8 Å². The van der Waals surface area contributed by atoms with Crippen molar-refractivity contribution in [3.05, 3.63) is 84.1 Å². The maximum atomic E-state index is 5.54. The monoisotopic (exact) mass is 381 g/mol. The second kappa shape index (κ2) is 6.14. The van der Waals surface area contributed by atoms with Gasteiger partial charge in [0.15, 0.2) is 11.5 Å². The van der Waals surface area contributed by atoms with E-state index in [1.807, 2.05) is 18.2 Å². The third kappa shape index (κ3) is 2.58. The predicted octanol–water partition coefficient (Wildman–Crippen LogP) is 5.04. The van der Waals surface area contributed by atoms with Crippen LogP contribution in [0, 0.1) is 6.92 Å². The molecule has 5 aromatic rings. The molecule has 0 radical (unpaired) electrons. The van der Waals surface area contributed by atoms with E-state index in [2.05, 4.69) is 70.6 Å². The molecular formula is C24H19N3O2. The van der Waals surface area contributed by atoms with Crippen LogP contribution < -0.4 is 9.47 Å². The molecule has 2 aromatic heterocycles. The number of aromatic nitrogens is 3. The van der Waals surface area contributed by atoms with Crippen molar-refractivity contribution in [3.63, 3.8) is 0 Å². The Morgan fingerprint density at radius 3 is 2.55 bits per heavy atom. The van der Waals surface area contributed by atoms with Crippen LogP contribution in [0.2, 0.25) is 0 Å². The lowest BCUT2D eigenvalue weighted by atomic mass is 10.1. The molecule has 5 heteroatoms. The number of nitrogens with zero attached hydrogens (tertiary/aromatic N) is 3. The van der Waals surface area contributed by atoms with Gasteiger partial charge < -0.3 is 14.0 Å². The van der Waals surface area contributed by atoms with Gasteiger partial charge in [-0.15, -0.1) is 0 Å². The number of imidazole rings is 2. The summed E-state index contributed by atoms with van der Waals surface area (Å²) in [6, 6.07) is 23.1. The van der Waals surface area contributed by atoms with Gasteiger partial charge in [-0.25, -0.2) is 4.98 Å². The molecule has 6 rings (SSSR count). The number of ether oxygens (including phenoxy) is 2. The summed E-state index contributed by atoms with van der Waals surface area (Å²) in [4.78, 5) is 4.99. The van der Waals surface area contributed by atoms with Crippen molar-refractivity contribution in [1.82, 2.24) is 14.0 Å². The highest BCUT2D eigenvalue weighted by Gasteiger charge is 2.18. The Morgan fingerprint density at radius 1 is 0.897 bits per heavy atom. The van der Waals surface area contributed by atoms with E-state index in [-0.39, 0.29) is 6.79 Å². The van der Waals surface area contributed by atoms with Crippen LogP contribution >= 0.6 is 0 Å². The average molecular weight is 381 g/mol. The van der Waals surface area contributed by atoms with Gasteiger partial charge >= 0.3 is 0 Å². The molecule has 0 unspecified atom stereocenters. The van der Waals surface area contributed by atoms with Crippen LogP contribution in [0.25, 0.3) is 28.1 Å². The zero-order chi connectivity index (χ0) is 19.4. The van der Waals surface area contributed by atoms with Crippen molar-refractivity contribution in [2.75, 3.05) is 6.79 Å². The third-order valence-electron chi connectivity index (χ3n) is 5.49. The Labute approximate surface area is 167 Å². The fourth-order valence-electron chi connectivity index (χ4n) is 3.97. The highest BCUT2D eigenvalue weighted by Crippen LogP contribution is 2.36. The summed E-state index contributed by atoms with van der Waals surface area (Å²) in [7, 11) is 0. The van der Waals surface area contributed by atoms with Gasteiger partial charge in [0.05, 0.1) is 23.3 Å². The lowest BCUT2D eigenvalue weighted by molar-refractivity contribution is 0.174. The molecule has 0 amide bonds. The largest absolute Gasteiger partial charge is 0.454 e. The minimum absolute atomic E-state index is 0.274. The molecule has 142 valence electrons. The molecule has 0 N–H and O–H groups in total. The molecule has 1 aliphatic heterocycles. The highest BCUT2D eigenvalue weighted by molar-refractivity contribution is 5.82. The van der Waals surface area contributed by atoms with E-state index < -0.39 is 0 Å². The number of para-hydroxylation sites is 2. The quantitative estimate of drug-likeness (QED) is 0.440. The van der Waals surface area contributed by atoms with Crippen molar-refractivity contribution in [2.45, 2.75) is 13.5 Å². The van der Waals surface area contributed by atoms with E-state index in [4.69, 9.17) is 14.5 Å². The second-order valence-electron chi connectivity index (χ2n) is 7.42. The molecule has 0 spiro atoms. The Morgan fingerprint density at radius 2 is 1.69 bits per heavy atom. The molecule has 1 aliphatic rings. The maximum Gasteiger partial charge on any atom is 0.231 e. The molecule has 5 nitrogen and oxygen atoms in total.